The minimum Gasteiger partial charge on any atom is -0.387 e. The molecule has 120 valence electrons. The maximum absolute atomic E-state index is 13.2. The van der Waals surface area contributed by atoms with Crippen LogP contribution in [0.15, 0.2) is 48.5 Å². The predicted molar refractivity (Wildman–Crippen MR) is 86.7 cm³/mol. The summed E-state index contributed by atoms with van der Waals surface area (Å²) in [4.78, 5) is 12.1. The van der Waals surface area contributed by atoms with E-state index in [1.807, 2.05) is 6.07 Å². The molecular formula is C18H17ClFNO2. The summed E-state index contributed by atoms with van der Waals surface area (Å²) in [7, 11) is 0. The molecule has 3 unspecified atom stereocenters. The minimum atomic E-state index is -0.775. The lowest BCUT2D eigenvalue weighted by Crippen LogP contribution is -2.30. The van der Waals surface area contributed by atoms with Crippen molar-refractivity contribution in [1.82, 2.24) is 5.32 Å². The fraction of sp³-hybridized carbons (Fsp3) is 0.278. The van der Waals surface area contributed by atoms with E-state index in [1.165, 1.54) is 12.1 Å². The first-order valence-electron chi connectivity index (χ1n) is 7.51. The van der Waals surface area contributed by atoms with Crippen LogP contribution in [0.1, 0.15) is 29.6 Å². The maximum atomic E-state index is 13.2. The summed E-state index contributed by atoms with van der Waals surface area (Å²) in [6.45, 7) is 0.146. The molecule has 1 aliphatic rings. The summed E-state index contributed by atoms with van der Waals surface area (Å²) in [5.41, 5.74) is 1.55. The summed E-state index contributed by atoms with van der Waals surface area (Å²) in [5.74, 6) is -0.466. The van der Waals surface area contributed by atoms with Crippen LogP contribution in [-0.4, -0.2) is 17.6 Å². The first-order chi connectivity index (χ1) is 11.0. The van der Waals surface area contributed by atoms with Crippen LogP contribution < -0.4 is 5.32 Å². The summed E-state index contributed by atoms with van der Waals surface area (Å²) in [6.07, 6.45) is -0.0608. The molecule has 3 nitrogen and oxygen atoms in total. The van der Waals surface area contributed by atoms with E-state index < -0.39 is 6.10 Å². The number of carbonyl (C=O) groups is 1. The van der Waals surface area contributed by atoms with Crippen LogP contribution in [0.5, 0.6) is 0 Å². The Morgan fingerprint density at radius 2 is 2.04 bits per heavy atom. The van der Waals surface area contributed by atoms with Gasteiger partial charge in [-0.2, -0.15) is 0 Å². The van der Waals surface area contributed by atoms with Crippen molar-refractivity contribution in [3.8, 4) is 0 Å². The molecule has 1 saturated carbocycles. The Morgan fingerprint density at radius 3 is 2.74 bits per heavy atom. The monoisotopic (exact) mass is 333 g/mol. The molecular weight excluding hydrogens is 317 g/mol. The minimum absolute atomic E-state index is 0.0679. The van der Waals surface area contributed by atoms with Crippen molar-refractivity contribution in [2.75, 3.05) is 6.54 Å². The Kier molecular flexibility index (Phi) is 4.64. The normalized spacial score (nSPS) is 20.8. The van der Waals surface area contributed by atoms with Crippen molar-refractivity contribution < 1.29 is 14.3 Å². The Labute approximate surface area is 139 Å². The first kappa shape index (κ1) is 16.0. The van der Waals surface area contributed by atoms with Crippen molar-refractivity contribution in [3.05, 3.63) is 70.5 Å². The fourth-order valence-corrected chi connectivity index (χ4v) is 2.85. The number of hydrogen-bond donors (Lipinski definition) is 2. The van der Waals surface area contributed by atoms with E-state index in [0.717, 1.165) is 5.56 Å². The van der Waals surface area contributed by atoms with Crippen molar-refractivity contribution in [2.45, 2.75) is 18.4 Å². The Morgan fingerprint density at radius 1 is 1.30 bits per heavy atom. The van der Waals surface area contributed by atoms with E-state index in [2.05, 4.69) is 5.32 Å². The molecule has 3 atom stereocenters. The largest absolute Gasteiger partial charge is 0.387 e. The van der Waals surface area contributed by atoms with Crippen molar-refractivity contribution >= 4 is 17.5 Å². The lowest BCUT2D eigenvalue weighted by molar-refractivity contribution is -0.122. The second-order valence-electron chi connectivity index (χ2n) is 5.82. The van der Waals surface area contributed by atoms with Crippen LogP contribution in [0.25, 0.3) is 0 Å². The van der Waals surface area contributed by atoms with Crippen LogP contribution in [0.3, 0.4) is 0 Å². The number of amides is 1. The van der Waals surface area contributed by atoms with Crippen molar-refractivity contribution in [2.24, 2.45) is 5.92 Å². The highest BCUT2D eigenvalue weighted by Crippen LogP contribution is 2.47. The van der Waals surface area contributed by atoms with E-state index in [4.69, 9.17) is 11.6 Å². The van der Waals surface area contributed by atoms with E-state index >= 15 is 0 Å². The van der Waals surface area contributed by atoms with Crippen LogP contribution in [0.2, 0.25) is 5.02 Å². The molecule has 0 bridgehead atoms. The van der Waals surface area contributed by atoms with E-state index in [0.29, 0.717) is 17.0 Å². The van der Waals surface area contributed by atoms with E-state index in [-0.39, 0.29) is 30.1 Å². The zero-order valence-corrected chi connectivity index (χ0v) is 13.1. The third-order valence-corrected chi connectivity index (χ3v) is 4.38. The van der Waals surface area contributed by atoms with Gasteiger partial charge in [0.1, 0.15) is 5.82 Å². The molecule has 0 radical (unpaired) electrons. The van der Waals surface area contributed by atoms with Crippen molar-refractivity contribution in [1.29, 1.82) is 0 Å². The lowest BCUT2D eigenvalue weighted by Gasteiger charge is -2.12. The van der Waals surface area contributed by atoms with Gasteiger partial charge in [-0.3, -0.25) is 4.79 Å². The standard InChI is InChI=1S/C18H17ClFNO2/c19-13-6-4-11(5-7-13)17(22)10-21-18(23)16-9-15(16)12-2-1-3-14(20)8-12/h1-8,15-17,22H,9-10H2,(H,21,23). The van der Waals surface area contributed by atoms with Gasteiger partial charge in [0, 0.05) is 17.5 Å². The SMILES string of the molecule is O=C(NCC(O)c1ccc(Cl)cc1)C1CC1c1cccc(F)c1. The quantitative estimate of drug-likeness (QED) is 0.880. The maximum Gasteiger partial charge on any atom is 0.223 e. The molecule has 5 heteroatoms. The molecule has 0 saturated heterocycles. The zero-order chi connectivity index (χ0) is 16.4. The first-order valence-corrected chi connectivity index (χ1v) is 7.89. The van der Waals surface area contributed by atoms with Crippen molar-refractivity contribution in [3.63, 3.8) is 0 Å². The molecule has 2 N–H and O–H groups in total. The molecule has 1 fully saturated rings. The number of carbonyl (C=O) groups excluding carboxylic acids is 1. The average Bonchev–Trinajstić information content (AvgIpc) is 3.34. The molecule has 23 heavy (non-hydrogen) atoms. The average molecular weight is 334 g/mol. The number of halogens is 2. The number of nitrogens with one attached hydrogen (secondary N) is 1. The third-order valence-electron chi connectivity index (χ3n) is 4.13. The molecule has 0 aromatic heterocycles. The van der Waals surface area contributed by atoms with Gasteiger partial charge in [0.2, 0.25) is 5.91 Å². The number of aliphatic hydroxyl groups is 1. The molecule has 1 aliphatic carbocycles. The second kappa shape index (κ2) is 6.69. The molecule has 2 aromatic rings. The smallest absolute Gasteiger partial charge is 0.223 e. The summed E-state index contributed by atoms with van der Waals surface area (Å²) in [6, 6.07) is 13.2. The highest BCUT2D eigenvalue weighted by atomic mass is 35.5. The van der Waals surface area contributed by atoms with Gasteiger partial charge in [-0.1, -0.05) is 35.9 Å². The predicted octanol–water partition coefficient (Wildman–Crippen LogP) is 3.43. The topological polar surface area (TPSA) is 49.3 Å². The molecule has 0 aliphatic heterocycles. The fourth-order valence-electron chi connectivity index (χ4n) is 2.72. The van der Waals surface area contributed by atoms with E-state index in [9.17, 15) is 14.3 Å². The van der Waals surface area contributed by atoms with Gasteiger partial charge < -0.3 is 10.4 Å². The Balaban J connectivity index is 1.52. The molecule has 2 aromatic carbocycles. The second-order valence-corrected chi connectivity index (χ2v) is 6.25. The number of rotatable bonds is 5. The lowest BCUT2D eigenvalue weighted by atomic mass is 10.1. The van der Waals surface area contributed by atoms with E-state index in [1.54, 1.807) is 30.3 Å². The highest BCUT2D eigenvalue weighted by molar-refractivity contribution is 6.30. The van der Waals surface area contributed by atoms with Gasteiger partial charge in [0.05, 0.1) is 6.10 Å². The molecule has 1 amide bonds. The van der Waals surface area contributed by atoms with Crippen LogP contribution in [-0.2, 0) is 4.79 Å². The van der Waals surface area contributed by atoms with Gasteiger partial charge in [0.25, 0.3) is 0 Å². The van der Waals surface area contributed by atoms with Crippen LogP contribution in [0.4, 0.5) is 4.39 Å². The van der Waals surface area contributed by atoms with Crippen LogP contribution >= 0.6 is 11.6 Å². The number of hydrogen-bond acceptors (Lipinski definition) is 2. The van der Waals surface area contributed by atoms with Gasteiger partial charge in [-0.25, -0.2) is 4.39 Å². The molecule has 3 rings (SSSR count). The number of aliphatic hydroxyl groups excluding tert-OH is 1. The number of benzene rings is 2. The Hall–Kier alpha value is -1.91. The zero-order valence-electron chi connectivity index (χ0n) is 12.4. The van der Waals surface area contributed by atoms with Crippen LogP contribution in [0, 0.1) is 11.7 Å². The Bertz CT molecular complexity index is 704. The summed E-state index contributed by atoms with van der Waals surface area (Å²) < 4.78 is 13.2. The summed E-state index contributed by atoms with van der Waals surface area (Å²) in [5, 5.41) is 13.4. The molecule has 0 heterocycles. The molecule has 0 spiro atoms. The van der Waals surface area contributed by atoms with Gasteiger partial charge >= 0.3 is 0 Å². The summed E-state index contributed by atoms with van der Waals surface area (Å²) >= 11 is 5.80. The van der Waals surface area contributed by atoms with Gasteiger partial charge in [-0.05, 0) is 47.7 Å². The van der Waals surface area contributed by atoms with Gasteiger partial charge in [-0.15, -0.1) is 0 Å². The third kappa shape index (κ3) is 3.89. The van der Waals surface area contributed by atoms with Gasteiger partial charge in [0.15, 0.2) is 0 Å². The highest BCUT2D eigenvalue weighted by Gasteiger charge is 2.43.